The number of benzene rings is 1. The summed E-state index contributed by atoms with van der Waals surface area (Å²) in [6.07, 6.45) is 0.706. The average molecular weight is 219 g/mol. The van der Waals surface area contributed by atoms with Crippen LogP contribution in [0.3, 0.4) is 0 Å². The maximum atomic E-state index is 11.8. The van der Waals surface area contributed by atoms with E-state index in [2.05, 4.69) is 10.6 Å². The van der Waals surface area contributed by atoms with Gasteiger partial charge in [0.25, 0.3) is 0 Å². The Bertz CT molecular complexity index is 392. The van der Waals surface area contributed by atoms with Gasteiger partial charge in [0.2, 0.25) is 5.91 Å². The number of hydrogen-bond acceptors (Lipinski definition) is 3. The smallest absolute Gasteiger partial charge is 0.241 e. The van der Waals surface area contributed by atoms with Gasteiger partial charge >= 0.3 is 0 Å². The highest BCUT2D eigenvalue weighted by molar-refractivity contribution is 5.95. The van der Waals surface area contributed by atoms with Gasteiger partial charge in [0.15, 0.2) is 0 Å². The molecular weight excluding hydrogens is 202 g/mol. The van der Waals surface area contributed by atoms with Crippen LogP contribution in [0.1, 0.15) is 12.0 Å². The number of anilines is 1. The second-order valence-electron chi connectivity index (χ2n) is 4.32. The van der Waals surface area contributed by atoms with Crippen molar-refractivity contribution in [1.82, 2.24) is 5.32 Å². The normalized spacial score (nSPS) is 24.4. The van der Waals surface area contributed by atoms with E-state index in [1.165, 1.54) is 0 Å². The average Bonchev–Trinajstić information content (AvgIpc) is 2.65. The Kier molecular flexibility index (Phi) is 3.22. The molecule has 1 amide bonds. The molecule has 0 aliphatic carbocycles. The number of amides is 1. The molecule has 1 aliphatic heterocycles. The number of nitrogens with one attached hydrogen (secondary N) is 2. The topological polar surface area (TPSA) is 67.2 Å². The number of carbonyl (C=O) groups excluding carboxylic acids is 1. The van der Waals surface area contributed by atoms with E-state index in [1.807, 2.05) is 31.2 Å². The summed E-state index contributed by atoms with van der Waals surface area (Å²) >= 11 is 0. The van der Waals surface area contributed by atoms with E-state index >= 15 is 0 Å². The lowest BCUT2D eigenvalue weighted by molar-refractivity contribution is -0.117. The van der Waals surface area contributed by atoms with Crippen LogP contribution in [0.25, 0.3) is 0 Å². The maximum Gasteiger partial charge on any atom is 0.241 e. The maximum absolute atomic E-state index is 11.8. The highest BCUT2D eigenvalue weighted by Gasteiger charge is 2.26. The van der Waals surface area contributed by atoms with Gasteiger partial charge in [-0.2, -0.15) is 0 Å². The minimum atomic E-state index is -0.157. The molecule has 2 unspecified atom stereocenters. The first kappa shape index (κ1) is 11.1. The molecule has 0 bridgehead atoms. The van der Waals surface area contributed by atoms with Crippen molar-refractivity contribution in [1.29, 1.82) is 0 Å². The van der Waals surface area contributed by atoms with E-state index in [4.69, 9.17) is 5.73 Å². The van der Waals surface area contributed by atoms with Crippen molar-refractivity contribution in [2.45, 2.75) is 25.4 Å². The van der Waals surface area contributed by atoms with E-state index in [0.29, 0.717) is 13.0 Å². The highest BCUT2D eigenvalue weighted by Crippen LogP contribution is 2.12. The second kappa shape index (κ2) is 4.63. The van der Waals surface area contributed by atoms with Gasteiger partial charge in [-0.05, 0) is 31.0 Å². The van der Waals surface area contributed by atoms with Crippen molar-refractivity contribution >= 4 is 11.6 Å². The third-order valence-corrected chi connectivity index (χ3v) is 2.77. The van der Waals surface area contributed by atoms with Crippen LogP contribution in [0.5, 0.6) is 0 Å². The van der Waals surface area contributed by atoms with Crippen molar-refractivity contribution in [3.8, 4) is 0 Å². The molecule has 1 fully saturated rings. The third-order valence-electron chi connectivity index (χ3n) is 2.77. The van der Waals surface area contributed by atoms with Gasteiger partial charge in [0.05, 0.1) is 6.04 Å². The van der Waals surface area contributed by atoms with Crippen LogP contribution in [-0.4, -0.2) is 24.5 Å². The zero-order valence-electron chi connectivity index (χ0n) is 9.36. The SMILES string of the molecule is Cc1cccc(NC(=O)C2CC(N)CN2)c1. The minimum absolute atomic E-state index is 0.00134. The summed E-state index contributed by atoms with van der Waals surface area (Å²) in [6.45, 7) is 2.71. The Morgan fingerprint density at radius 1 is 1.56 bits per heavy atom. The largest absolute Gasteiger partial charge is 0.326 e. The van der Waals surface area contributed by atoms with Crippen molar-refractivity contribution in [2.75, 3.05) is 11.9 Å². The molecule has 1 aromatic rings. The number of aryl methyl sites for hydroxylation is 1. The summed E-state index contributed by atoms with van der Waals surface area (Å²) < 4.78 is 0. The first-order valence-electron chi connectivity index (χ1n) is 5.51. The predicted octanol–water partition coefficient (Wildman–Crippen LogP) is 0.623. The van der Waals surface area contributed by atoms with Crippen molar-refractivity contribution < 1.29 is 4.79 Å². The third kappa shape index (κ3) is 2.59. The number of nitrogens with two attached hydrogens (primary N) is 1. The molecule has 1 heterocycles. The highest BCUT2D eigenvalue weighted by atomic mass is 16.2. The van der Waals surface area contributed by atoms with Crippen LogP contribution in [0.2, 0.25) is 0 Å². The minimum Gasteiger partial charge on any atom is -0.326 e. The molecule has 2 atom stereocenters. The summed E-state index contributed by atoms with van der Waals surface area (Å²) in [5.41, 5.74) is 7.71. The van der Waals surface area contributed by atoms with Crippen LogP contribution in [0, 0.1) is 6.92 Å². The first-order chi connectivity index (χ1) is 7.65. The van der Waals surface area contributed by atoms with Gasteiger partial charge in [-0.15, -0.1) is 0 Å². The molecule has 1 saturated heterocycles. The molecule has 1 aliphatic rings. The zero-order valence-corrected chi connectivity index (χ0v) is 9.36. The first-order valence-corrected chi connectivity index (χ1v) is 5.51. The molecule has 4 N–H and O–H groups in total. The summed E-state index contributed by atoms with van der Waals surface area (Å²) in [6, 6.07) is 7.70. The predicted molar refractivity (Wildman–Crippen MR) is 64.2 cm³/mol. The molecule has 86 valence electrons. The lowest BCUT2D eigenvalue weighted by Gasteiger charge is -2.11. The zero-order chi connectivity index (χ0) is 11.5. The molecule has 16 heavy (non-hydrogen) atoms. The molecule has 0 spiro atoms. The van der Waals surface area contributed by atoms with E-state index in [9.17, 15) is 4.79 Å². The molecule has 0 saturated carbocycles. The number of hydrogen-bond donors (Lipinski definition) is 3. The molecular formula is C12H17N3O. The Morgan fingerprint density at radius 3 is 3.00 bits per heavy atom. The van der Waals surface area contributed by atoms with E-state index < -0.39 is 0 Å². The monoisotopic (exact) mass is 219 g/mol. The fourth-order valence-corrected chi connectivity index (χ4v) is 1.91. The van der Waals surface area contributed by atoms with E-state index in [0.717, 1.165) is 11.3 Å². The van der Waals surface area contributed by atoms with Crippen LogP contribution >= 0.6 is 0 Å². The van der Waals surface area contributed by atoms with Gasteiger partial charge in [-0.1, -0.05) is 12.1 Å². The summed E-state index contributed by atoms with van der Waals surface area (Å²) in [5.74, 6) is -0.00134. The van der Waals surface area contributed by atoms with Gasteiger partial charge in [-0.25, -0.2) is 0 Å². The Morgan fingerprint density at radius 2 is 2.38 bits per heavy atom. The van der Waals surface area contributed by atoms with Crippen LogP contribution < -0.4 is 16.4 Å². The molecule has 1 aromatic carbocycles. The molecule has 2 rings (SSSR count). The number of carbonyl (C=O) groups is 1. The van der Waals surface area contributed by atoms with Gasteiger partial charge in [0.1, 0.15) is 0 Å². The summed E-state index contributed by atoms with van der Waals surface area (Å²) in [7, 11) is 0. The van der Waals surface area contributed by atoms with Crippen molar-refractivity contribution in [2.24, 2.45) is 5.73 Å². The number of rotatable bonds is 2. The molecule has 0 aromatic heterocycles. The summed E-state index contributed by atoms with van der Waals surface area (Å²) in [5, 5.41) is 5.99. The van der Waals surface area contributed by atoms with E-state index in [-0.39, 0.29) is 18.0 Å². The van der Waals surface area contributed by atoms with Gasteiger partial charge in [0, 0.05) is 18.3 Å². The van der Waals surface area contributed by atoms with Crippen molar-refractivity contribution in [3.05, 3.63) is 29.8 Å². The Balaban J connectivity index is 1.97. The standard InChI is InChI=1S/C12H17N3O/c1-8-3-2-4-10(5-8)15-12(16)11-6-9(13)7-14-11/h2-5,9,11,14H,6-7,13H2,1H3,(H,15,16). The molecule has 0 radical (unpaired) electrons. The Hall–Kier alpha value is -1.39. The quantitative estimate of drug-likeness (QED) is 0.683. The van der Waals surface area contributed by atoms with Gasteiger partial charge < -0.3 is 16.4 Å². The van der Waals surface area contributed by atoms with E-state index in [1.54, 1.807) is 0 Å². The lowest BCUT2D eigenvalue weighted by atomic mass is 10.1. The van der Waals surface area contributed by atoms with Crippen LogP contribution in [0.15, 0.2) is 24.3 Å². The van der Waals surface area contributed by atoms with Crippen LogP contribution in [-0.2, 0) is 4.79 Å². The molecule has 4 heteroatoms. The Labute approximate surface area is 95.2 Å². The van der Waals surface area contributed by atoms with Gasteiger partial charge in [-0.3, -0.25) is 4.79 Å². The van der Waals surface area contributed by atoms with Crippen LogP contribution in [0.4, 0.5) is 5.69 Å². The summed E-state index contributed by atoms with van der Waals surface area (Å²) in [4.78, 5) is 11.8. The fraction of sp³-hybridized carbons (Fsp3) is 0.417. The second-order valence-corrected chi connectivity index (χ2v) is 4.32. The lowest BCUT2D eigenvalue weighted by Crippen LogP contribution is -2.35. The van der Waals surface area contributed by atoms with Crippen molar-refractivity contribution in [3.63, 3.8) is 0 Å². The molecule has 4 nitrogen and oxygen atoms in total. The fourth-order valence-electron chi connectivity index (χ4n) is 1.91.